The Morgan fingerprint density at radius 1 is 0.302 bits per heavy atom. The molecule has 8 bridgehead atoms. The molecule has 0 saturated carbocycles. The maximum absolute atomic E-state index is 6.15. The van der Waals surface area contributed by atoms with Crippen LogP contribution < -0.4 is 22.9 Å². The van der Waals surface area contributed by atoms with Crippen LogP contribution in [0, 0.1) is 0 Å². The maximum atomic E-state index is 6.15. The van der Waals surface area contributed by atoms with Gasteiger partial charge in [-0.3, -0.25) is 0 Å². The molecule has 8 nitrogen and oxygen atoms in total. The minimum absolute atomic E-state index is 0. The first-order valence-corrected chi connectivity index (χ1v) is 17.0. The van der Waals surface area contributed by atoms with Gasteiger partial charge in [-0.1, -0.05) is 48.5 Å². The van der Waals surface area contributed by atoms with Gasteiger partial charge in [-0.25, -0.2) is 9.97 Å². The first-order chi connectivity index (χ1) is 25.4. The maximum Gasteiger partial charge on any atom is 2.00 e. The summed E-state index contributed by atoms with van der Waals surface area (Å²) < 4.78 is 0. The van der Waals surface area contributed by atoms with Crippen LogP contribution in [0.15, 0.2) is 121 Å². The number of nitrogen functional groups attached to an aromatic ring is 4. The van der Waals surface area contributed by atoms with Crippen molar-refractivity contribution in [1.29, 1.82) is 0 Å². The standard InChI is InChI=1S/C44H34N8.Zn/c45-29-9-1-25(2-10-29)41-33-17-19-35(49-33)42(26-3-11-30(46)12-4-26)37-21-23-39(51-37)44(28-7-15-32(48)16-8-28)40-24-22-38(52-40)43(36-20-18-34(41)50-36)27-5-13-31(47)14-6-27;/h1-24,49,52H,45-48H2;/q;+2. The van der Waals surface area contributed by atoms with Gasteiger partial charge in [-0.15, -0.1) is 0 Å². The molecule has 4 aromatic carbocycles. The van der Waals surface area contributed by atoms with Crippen molar-refractivity contribution in [1.82, 2.24) is 19.9 Å². The summed E-state index contributed by atoms with van der Waals surface area (Å²) in [5, 5.41) is 0. The number of hydrogen-bond donors (Lipinski definition) is 6. The molecular formula is C44H34N8Zn+2. The Kier molecular flexibility index (Phi) is 8.49. The van der Waals surface area contributed by atoms with Crippen LogP contribution in [0.1, 0.15) is 22.8 Å². The van der Waals surface area contributed by atoms with Crippen LogP contribution in [0.5, 0.6) is 0 Å². The van der Waals surface area contributed by atoms with E-state index in [0.717, 1.165) is 89.4 Å². The zero-order valence-electron chi connectivity index (χ0n) is 28.8. The minimum Gasteiger partial charge on any atom is -0.399 e. The molecule has 9 heteroatoms. The molecule has 0 saturated heterocycles. The second-order valence-corrected chi connectivity index (χ2v) is 13.0. The number of H-pyrrole nitrogens is 2. The number of nitrogens with one attached hydrogen (secondary N) is 2. The Hall–Kier alpha value is -6.70. The van der Waals surface area contributed by atoms with E-state index in [4.69, 9.17) is 32.9 Å². The van der Waals surface area contributed by atoms with E-state index in [0.29, 0.717) is 22.7 Å². The van der Waals surface area contributed by atoms with Crippen molar-refractivity contribution in [2.45, 2.75) is 0 Å². The summed E-state index contributed by atoms with van der Waals surface area (Å²) in [6, 6.07) is 40.0. The Labute approximate surface area is 318 Å². The predicted octanol–water partition coefficient (Wildman–Crippen LogP) is 9.65. The van der Waals surface area contributed by atoms with Gasteiger partial charge in [0.05, 0.1) is 22.8 Å². The average Bonchev–Trinajstić information content (AvgIpc) is 3.99. The average molecular weight is 740 g/mol. The smallest absolute Gasteiger partial charge is 0.399 e. The van der Waals surface area contributed by atoms with Crippen LogP contribution in [0.4, 0.5) is 22.7 Å². The molecule has 0 fully saturated rings. The summed E-state index contributed by atoms with van der Waals surface area (Å²) in [7, 11) is 0. The zero-order chi connectivity index (χ0) is 35.3. The first kappa shape index (κ1) is 33.4. The fourth-order valence-corrected chi connectivity index (χ4v) is 7.02. The van der Waals surface area contributed by atoms with Crippen molar-refractivity contribution >= 4 is 69.1 Å². The van der Waals surface area contributed by atoms with Gasteiger partial charge < -0.3 is 32.9 Å². The van der Waals surface area contributed by atoms with E-state index >= 15 is 0 Å². The van der Waals surface area contributed by atoms with Crippen LogP contribution in [-0.4, -0.2) is 19.9 Å². The summed E-state index contributed by atoms with van der Waals surface area (Å²) in [6.45, 7) is 0. The number of rotatable bonds is 4. The fraction of sp³-hybridized carbons (Fsp3) is 0. The number of aromatic nitrogens is 4. The molecular weight excluding hydrogens is 706 g/mol. The second kappa shape index (κ2) is 13.5. The minimum atomic E-state index is 0. The van der Waals surface area contributed by atoms with Crippen molar-refractivity contribution < 1.29 is 19.5 Å². The summed E-state index contributed by atoms with van der Waals surface area (Å²) >= 11 is 0. The fourth-order valence-electron chi connectivity index (χ4n) is 7.02. The Bertz CT molecular complexity index is 2370. The SMILES string of the molecule is Nc1ccc(-c2c3nc(c(-c4ccc(N)cc4)c4ccc([nH]4)c(-c4ccc(N)cc4)c4nc(c(-c5ccc(N)cc5)c5ccc2[nH]5)C=C4)C=C3)cc1.[Zn+2]. The van der Waals surface area contributed by atoms with Gasteiger partial charge in [0.1, 0.15) is 0 Å². The van der Waals surface area contributed by atoms with Gasteiger partial charge in [-0.2, -0.15) is 0 Å². The number of anilines is 4. The van der Waals surface area contributed by atoms with E-state index in [9.17, 15) is 0 Å². The molecule has 53 heavy (non-hydrogen) atoms. The third-order valence-corrected chi connectivity index (χ3v) is 9.55. The third kappa shape index (κ3) is 6.17. The Morgan fingerprint density at radius 3 is 0.717 bits per heavy atom. The van der Waals surface area contributed by atoms with Crippen LogP contribution >= 0.6 is 0 Å². The molecule has 2 aliphatic heterocycles. The predicted molar refractivity (Wildman–Crippen MR) is 218 cm³/mol. The summed E-state index contributed by atoms with van der Waals surface area (Å²) in [5.74, 6) is 0. The van der Waals surface area contributed by atoms with Crippen molar-refractivity contribution in [2.24, 2.45) is 0 Å². The van der Waals surface area contributed by atoms with Gasteiger partial charge in [0, 0.05) is 67.1 Å². The molecule has 10 N–H and O–H groups in total. The number of benzene rings is 4. The molecule has 2 aliphatic rings. The Balaban J connectivity index is 0.00000400. The molecule has 9 rings (SSSR count). The van der Waals surface area contributed by atoms with Crippen molar-refractivity contribution in [2.75, 3.05) is 22.9 Å². The first-order valence-electron chi connectivity index (χ1n) is 17.0. The van der Waals surface area contributed by atoms with Crippen LogP contribution in [-0.2, 0) is 19.5 Å². The van der Waals surface area contributed by atoms with Gasteiger partial charge >= 0.3 is 19.5 Å². The van der Waals surface area contributed by atoms with Gasteiger partial charge in [-0.05, 0) is 119 Å². The molecule has 0 spiro atoms. The molecule has 0 radical (unpaired) electrons. The molecule has 250 valence electrons. The number of nitrogens with two attached hydrogens (primary N) is 4. The van der Waals surface area contributed by atoms with E-state index in [-0.39, 0.29) is 19.5 Å². The van der Waals surface area contributed by atoms with E-state index in [1.165, 1.54) is 0 Å². The van der Waals surface area contributed by atoms with Crippen LogP contribution in [0.2, 0.25) is 0 Å². The molecule has 0 atom stereocenters. The Morgan fingerprint density at radius 2 is 0.509 bits per heavy atom. The van der Waals surface area contributed by atoms with E-state index in [1.807, 2.05) is 97.1 Å². The van der Waals surface area contributed by atoms with Crippen LogP contribution in [0.3, 0.4) is 0 Å². The molecule has 5 heterocycles. The van der Waals surface area contributed by atoms with Gasteiger partial charge in [0.25, 0.3) is 0 Å². The second-order valence-electron chi connectivity index (χ2n) is 13.0. The van der Waals surface area contributed by atoms with Crippen molar-refractivity contribution in [3.05, 3.63) is 144 Å². The molecule has 3 aromatic heterocycles. The van der Waals surface area contributed by atoms with Crippen molar-refractivity contribution in [3.8, 4) is 44.5 Å². The quantitative estimate of drug-likeness (QED) is 0.0778. The molecule has 7 aromatic rings. The molecule has 0 aliphatic carbocycles. The largest absolute Gasteiger partial charge is 2.00 e. The summed E-state index contributed by atoms with van der Waals surface area (Å²) in [6.07, 6.45) is 8.29. The number of fused-ring (bicyclic) bond motifs is 8. The normalized spacial score (nSPS) is 11.8. The topological polar surface area (TPSA) is 161 Å². The molecule has 0 amide bonds. The number of aromatic amines is 2. The zero-order valence-corrected chi connectivity index (χ0v) is 31.7. The van der Waals surface area contributed by atoms with E-state index in [1.54, 1.807) is 0 Å². The molecule has 0 unspecified atom stereocenters. The number of hydrogen-bond acceptors (Lipinski definition) is 6. The van der Waals surface area contributed by atoms with Gasteiger partial charge in [0.15, 0.2) is 0 Å². The van der Waals surface area contributed by atoms with E-state index < -0.39 is 0 Å². The number of nitrogens with zero attached hydrogens (tertiary/aromatic N) is 2. The monoisotopic (exact) mass is 738 g/mol. The van der Waals surface area contributed by atoms with E-state index in [2.05, 4.69) is 58.5 Å². The summed E-state index contributed by atoms with van der Waals surface area (Å²) in [5.41, 5.74) is 41.9. The van der Waals surface area contributed by atoms with Crippen LogP contribution in [0.25, 0.3) is 90.9 Å². The summed E-state index contributed by atoms with van der Waals surface area (Å²) in [4.78, 5) is 18.2. The third-order valence-electron chi connectivity index (χ3n) is 9.55. The van der Waals surface area contributed by atoms with Gasteiger partial charge in [0.2, 0.25) is 0 Å². The van der Waals surface area contributed by atoms with Crippen molar-refractivity contribution in [3.63, 3.8) is 0 Å².